The Labute approximate surface area is 141 Å². The van der Waals surface area contributed by atoms with Crippen LogP contribution < -0.4 is 5.32 Å². The Morgan fingerprint density at radius 1 is 1.43 bits per heavy atom. The summed E-state index contributed by atoms with van der Waals surface area (Å²) in [7, 11) is 0. The molecule has 1 aromatic heterocycles. The van der Waals surface area contributed by atoms with Gasteiger partial charge >= 0.3 is 0 Å². The predicted octanol–water partition coefficient (Wildman–Crippen LogP) is 2.97. The third-order valence-electron chi connectivity index (χ3n) is 3.76. The number of rotatable bonds is 4. The summed E-state index contributed by atoms with van der Waals surface area (Å²) in [6.07, 6.45) is 0.907. The number of hydrogen-bond donors (Lipinski definition) is 2. The molecule has 2 aromatic rings. The highest BCUT2D eigenvalue weighted by atomic mass is 35.5. The number of amides is 1. The number of carbonyl (C=O) groups is 1. The van der Waals surface area contributed by atoms with Crippen molar-refractivity contribution in [3.8, 4) is 5.69 Å². The van der Waals surface area contributed by atoms with Gasteiger partial charge in [-0.05, 0) is 30.5 Å². The third-order valence-corrected chi connectivity index (χ3v) is 4.00. The first-order valence-corrected chi connectivity index (χ1v) is 7.85. The summed E-state index contributed by atoms with van der Waals surface area (Å²) in [5.74, 6) is -0.251. The van der Waals surface area contributed by atoms with Gasteiger partial charge in [0, 0.05) is 11.6 Å². The van der Waals surface area contributed by atoms with Crippen LogP contribution >= 0.6 is 11.6 Å². The van der Waals surface area contributed by atoms with E-state index < -0.39 is 6.10 Å². The van der Waals surface area contributed by atoms with Gasteiger partial charge in [0.1, 0.15) is 0 Å². The number of aliphatic hydroxyl groups is 1. The monoisotopic (exact) mass is 335 g/mol. The van der Waals surface area contributed by atoms with Crippen molar-refractivity contribution in [1.82, 2.24) is 15.1 Å². The Hall–Kier alpha value is -1.85. The number of benzene rings is 1. The number of nitrogens with zero attached hydrogens (tertiary/aromatic N) is 2. The molecule has 1 heterocycles. The van der Waals surface area contributed by atoms with E-state index in [0.29, 0.717) is 10.6 Å². The van der Waals surface area contributed by atoms with Crippen LogP contribution in [-0.4, -0.2) is 33.4 Å². The van der Waals surface area contributed by atoms with E-state index in [1.807, 2.05) is 39.8 Å². The second-order valence-electron chi connectivity index (χ2n) is 6.63. The normalized spacial score (nSPS) is 13.0. The largest absolute Gasteiger partial charge is 0.391 e. The lowest BCUT2D eigenvalue weighted by atomic mass is 9.89. The maximum Gasteiger partial charge on any atom is 0.254 e. The molecule has 0 spiro atoms. The number of aliphatic hydroxyl groups excluding tert-OH is 1. The molecular formula is C17H22ClN3O2. The van der Waals surface area contributed by atoms with Crippen molar-refractivity contribution in [2.75, 3.05) is 6.54 Å². The Morgan fingerprint density at radius 2 is 2.13 bits per heavy atom. The number of nitrogens with one attached hydrogen (secondary N) is 1. The summed E-state index contributed by atoms with van der Waals surface area (Å²) in [5, 5.41) is 17.6. The highest BCUT2D eigenvalue weighted by Crippen LogP contribution is 2.19. The van der Waals surface area contributed by atoms with Gasteiger partial charge in [0.05, 0.1) is 29.2 Å². The molecule has 0 saturated carbocycles. The second kappa shape index (κ2) is 6.72. The molecule has 0 aliphatic rings. The Balaban J connectivity index is 2.14. The van der Waals surface area contributed by atoms with Crippen molar-refractivity contribution >= 4 is 17.5 Å². The standard InChI is InChI=1S/C17H22ClN3O2/c1-11-14(16(23)19-10-15(22)17(2,3)4)9-20-21(11)13-7-5-6-12(18)8-13/h5-9,15,22H,10H2,1-4H3,(H,19,23). The number of hydrogen-bond acceptors (Lipinski definition) is 3. The van der Waals surface area contributed by atoms with Crippen LogP contribution in [0.15, 0.2) is 30.5 Å². The molecule has 2 N–H and O–H groups in total. The van der Waals surface area contributed by atoms with Crippen molar-refractivity contribution in [3.63, 3.8) is 0 Å². The minimum Gasteiger partial charge on any atom is -0.391 e. The van der Waals surface area contributed by atoms with Crippen LogP contribution in [0, 0.1) is 12.3 Å². The number of carbonyl (C=O) groups excluding carboxylic acids is 1. The molecule has 0 aliphatic heterocycles. The highest BCUT2D eigenvalue weighted by Gasteiger charge is 2.23. The summed E-state index contributed by atoms with van der Waals surface area (Å²) in [5.41, 5.74) is 1.71. The predicted molar refractivity (Wildman–Crippen MR) is 91.1 cm³/mol. The van der Waals surface area contributed by atoms with Gasteiger partial charge in [-0.1, -0.05) is 38.4 Å². The SMILES string of the molecule is Cc1c(C(=O)NCC(O)C(C)(C)C)cnn1-c1cccc(Cl)c1. The van der Waals surface area contributed by atoms with E-state index in [0.717, 1.165) is 11.4 Å². The topological polar surface area (TPSA) is 67.2 Å². The van der Waals surface area contributed by atoms with E-state index in [9.17, 15) is 9.90 Å². The van der Waals surface area contributed by atoms with E-state index in [2.05, 4.69) is 10.4 Å². The molecule has 1 amide bonds. The van der Waals surface area contributed by atoms with E-state index in [4.69, 9.17) is 11.6 Å². The summed E-state index contributed by atoms with van der Waals surface area (Å²) >= 11 is 6.00. The fraction of sp³-hybridized carbons (Fsp3) is 0.412. The van der Waals surface area contributed by atoms with Crippen molar-refractivity contribution in [1.29, 1.82) is 0 Å². The van der Waals surface area contributed by atoms with E-state index in [1.165, 1.54) is 6.20 Å². The molecule has 1 unspecified atom stereocenters. The zero-order valence-corrected chi connectivity index (χ0v) is 14.6. The summed E-state index contributed by atoms with van der Waals surface area (Å²) in [6, 6.07) is 7.27. The average molecular weight is 336 g/mol. The quantitative estimate of drug-likeness (QED) is 0.902. The van der Waals surface area contributed by atoms with E-state index in [-0.39, 0.29) is 17.9 Å². The van der Waals surface area contributed by atoms with Crippen molar-refractivity contribution in [3.05, 3.63) is 46.7 Å². The molecule has 0 saturated heterocycles. The van der Waals surface area contributed by atoms with Gasteiger partial charge in [0.2, 0.25) is 0 Å². The first-order chi connectivity index (χ1) is 10.7. The maximum absolute atomic E-state index is 12.3. The first kappa shape index (κ1) is 17.5. The lowest BCUT2D eigenvalue weighted by molar-refractivity contribution is 0.0586. The van der Waals surface area contributed by atoms with Gasteiger partial charge in [-0.15, -0.1) is 0 Å². The van der Waals surface area contributed by atoms with Crippen molar-refractivity contribution in [2.45, 2.75) is 33.8 Å². The molecule has 124 valence electrons. The average Bonchev–Trinajstić information content (AvgIpc) is 2.85. The zero-order valence-electron chi connectivity index (χ0n) is 13.8. The van der Waals surface area contributed by atoms with Gasteiger partial charge in [-0.3, -0.25) is 4.79 Å². The molecule has 1 atom stereocenters. The highest BCUT2D eigenvalue weighted by molar-refractivity contribution is 6.30. The van der Waals surface area contributed by atoms with Gasteiger partial charge in [0.25, 0.3) is 5.91 Å². The third kappa shape index (κ3) is 4.12. The Bertz CT molecular complexity index is 704. The van der Waals surface area contributed by atoms with Gasteiger partial charge in [-0.25, -0.2) is 4.68 Å². The van der Waals surface area contributed by atoms with Crippen LogP contribution in [0.3, 0.4) is 0 Å². The summed E-state index contributed by atoms with van der Waals surface area (Å²) < 4.78 is 1.67. The van der Waals surface area contributed by atoms with Gasteiger partial charge in [0.15, 0.2) is 0 Å². The fourth-order valence-corrected chi connectivity index (χ4v) is 2.28. The Kier molecular flexibility index (Phi) is 5.12. The molecule has 0 radical (unpaired) electrons. The number of halogens is 1. The van der Waals surface area contributed by atoms with Crippen molar-refractivity contribution in [2.24, 2.45) is 5.41 Å². The molecule has 0 aliphatic carbocycles. The smallest absolute Gasteiger partial charge is 0.254 e. The van der Waals surface area contributed by atoms with E-state index >= 15 is 0 Å². The van der Waals surface area contributed by atoms with Gasteiger partial charge in [-0.2, -0.15) is 5.10 Å². The lowest BCUT2D eigenvalue weighted by Crippen LogP contribution is -2.39. The van der Waals surface area contributed by atoms with Crippen LogP contribution in [0.2, 0.25) is 5.02 Å². The van der Waals surface area contributed by atoms with Crippen LogP contribution in [-0.2, 0) is 0 Å². The molecule has 2 rings (SSSR count). The lowest BCUT2D eigenvalue weighted by Gasteiger charge is -2.25. The minimum absolute atomic E-state index is 0.199. The summed E-state index contributed by atoms with van der Waals surface area (Å²) in [6.45, 7) is 7.79. The van der Waals surface area contributed by atoms with Crippen LogP contribution in [0.5, 0.6) is 0 Å². The fourth-order valence-electron chi connectivity index (χ4n) is 2.09. The minimum atomic E-state index is -0.616. The molecular weight excluding hydrogens is 314 g/mol. The molecule has 0 fully saturated rings. The number of aromatic nitrogens is 2. The first-order valence-electron chi connectivity index (χ1n) is 7.47. The summed E-state index contributed by atoms with van der Waals surface area (Å²) in [4.78, 5) is 12.3. The molecule has 6 heteroatoms. The molecule has 23 heavy (non-hydrogen) atoms. The second-order valence-corrected chi connectivity index (χ2v) is 7.06. The molecule has 1 aromatic carbocycles. The van der Waals surface area contributed by atoms with Crippen molar-refractivity contribution < 1.29 is 9.90 Å². The Morgan fingerprint density at radius 3 is 2.74 bits per heavy atom. The van der Waals surface area contributed by atoms with Crippen LogP contribution in [0.4, 0.5) is 0 Å². The van der Waals surface area contributed by atoms with Gasteiger partial charge < -0.3 is 10.4 Å². The van der Waals surface area contributed by atoms with Crippen LogP contribution in [0.1, 0.15) is 36.8 Å². The van der Waals surface area contributed by atoms with Crippen LogP contribution in [0.25, 0.3) is 5.69 Å². The molecule has 5 nitrogen and oxygen atoms in total. The maximum atomic E-state index is 12.3. The zero-order chi connectivity index (χ0) is 17.2. The van der Waals surface area contributed by atoms with E-state index in [1.54, 1.807) is 16.8 Å². The molecule has 0 bridgehead atoms.